The van der Waals surface area contributed by atoms with Gasteiger partial charge in [-0.15, -0.1) is 0 Å². The lowest BCUT2D eigenvalue weighted by atomic mass is 10.0. The predicted octanol–water partition coefficient (Wildman–Crippen LogP) is 2.63. The van der Waals surface area contributed by atoms with Crippen LogP contribution >= 0.6 is 0 Å². The van der Waals surface area contributed by atoms with Crippen molar-refractivity contribution in [3.8, 4) is 40.1 Å². The first-order valence-corrected chi connectivity index (χ1v) is 7.02. The highest BCUT2D eigenvalue weighted by atomic mass is 16.6. The number of nitrogens with zero attached hydrogens (tertiary/aromatic N) is 4. The predicted molar refractivity (Wildman–Crippen MR) is 86.8 cm³/mol. The Bertz CT molecular complexity index is 1010. The number of H-pyrrole nitrogens is 1. The monoisotopic (exact) mass is 337 g/mol. The Morgan fingerprint density at radius 3 is 2.60 bits per heavy atom. The van der Waals surface area contributed by atoms with Gasteiger partial charge in [0, 0.05) is 17.2 Å². The van der Waals surface area contributed by atoms with Crippen LogP contribution in [0.3, 0.4) is 0 Å². The molecule has 25 heavy (non-hydrogen) atoms. The maximum absolute atomic E-state index is 11.2. The molecule has 1 heterocycles. The second-order valence-electron chi connectivity index (χ2n) is 5.02. The van der Waals surface area contributed by atoms with Crippen LogP contribution in [0.15, 0.2) is 36.4 Å². The van der Waals surface area contributed by atoms with Gasteiger partial charge >= 0.3 is 5.69 Å². The molecule has 0 aliphatic rings. The Balaban J connectivity index is 2.19. The minimum atomic E-state index is -0.711. The zero-order valence-electron chi connectivity index (χ0n) is 12.9. The summed E-state index contributed by atoms with van der Waals surface area (Å²) in [5.41, 5.74) is 1.65. The fourth-order valence-electron chi connectivity index (χ4n) is 2.39. The van der Waals surface area contributed by atoms with Crippen molar-refractivity contribution in [1.82, 2.24) is 15.4 Å². The number of benzene rings is 2. The van der Waals surface area contributed by atoms with Gasteiger partial charge < -0.3 is 9.84 Å². The Morgan fingerprint density at radius 2 is 1.96 bits per heavy atom. The van der Waals surface area contributed by atoms with Gasteiger partial charge in [-0.1, -0.05) is 12.1 Å². The van der Waals surface area contributed by atoms with E-state index in [0.29, 0.717) is 28.1 Å². The third-order valence-corrected chi connectivity index (χ3v) is 3.56. The SMILES string of the molecule is COc1cc(-c2n[nH]nc2-c2cccc(C#N)c2)cc([N+](=O)[O-])c1O. The molecule has 2 N–H and O–H groups in total. The number of nitrogens with one attached hydrogen (secondary N) is 1. The largest absolute Gasteiger partial charge is 0.500 e. The molecule has 0 fully saturated rings. The van der Waals surface area contributed by atoms with E-state index in [1.54, 1.807) is 24.3 Å². The van der Waals surface area contributed by atoms with Gasteiger partial charge in [0.15, 0.2) is 5.75 Å². The summed E-state index contributed by atoms with van der Waals surface area (Å²) < 4.78 is 5.00. The smallest absolute Gasteiger partial charge is 0.315 e. The van der Waals surface area contributed by atoms with E-state index in [0.717, 1.165) is 0 Å². The molecule has 0 spiro atoms. The van der Waals surface area contributed by atoms with Crippen LogP contribution in [0.4, 0.5) is 5.69 Å². The number of aromatic nitrogens is 3. The van der Waals surface area contributed by atoms with Crippen molar-refractivity contribution in [3.63, 3.8) is 0 Å². The second kappa shape index (κ2) is 6.29. The number of phenols is 1. The lowest BCUT2D eigenvalue weighted by Gasteiger charge is -2.07. The summed E-state index contributed by atoms with van der Waals surface area (Å²) in [4.78, 5) is 10.4. The van der Waals surface area contributed by atoms with Gasteiger partial charge in [-0.05, 0) is 18.2 Å². The standard InChI is InChI=1S/C16H11N5O4/c1-25-13-7-11(6-12(16(13)22)21(23)24)15-14(18-20-19-15)10-4-2-3-9(5-10)8-17/h2-7,22H,1H3,(H,18,19,20). The molecular formula is C16H11N5O4. The summed E-state index contributed by atoms with van der Waals surface area (Å²) in [5.74, 6) is -0.614. The molecule has 0 saturated carbocycles. The van der Waals surface area contributed by atoms with E-state index < -0.39 is 16.4 Å². The van der Waals surface area contributed by atoms with Crippen molar-refractivity contribution in [2.24, 2.45) is 0 Å². The van der Waals surface area contributed by atoms with Gasteiger partial charge in [-0.3, -0.25) is 10.1 Å². The third kappa shape index (κ3) is 2.84. The normalized spacial score (nSPS) is 10.2. The van der Waals surface area contributed by atoms with Gasteiger partial charge in [0.2, 0.25) is 5.75 Å². The lowest BCUT2D eigenvalue weighted by molar-refractivity contribution is -0.385. The maximum Gasteiger partial charge on any atom is 0.315 e. The second-order valence-corrected chi connectivity index (χ2v) is 5.02. The van der Waals surface area contributed by atoms with Crippen LogP contribution in [0, 0.1) is 21.4 Å². The molecule has 0 unspecified atom stereocenters. The van der Waals surface area contributed by atoms with Crippen LogP contribution in [-0.2, 0) is 0 Å². The number of aromatic amines is 1. The Morgan fingerprint density at radius 1 is 1.24 bits per heavy atom. The molecule has 9 nitrogen and oxygen atoms in total. The molecule has 1 aromatic heterocycles. The van der Waals surface area contributed by atoms with E-state index in [4.69, 9.17) is 10.00 Å². The van der Waals surface area contributed by atoms with E-state index in [2.05, 4.69) is 15.4 Å². The molecule has 0 bridgehead atoms. The van der Waals surface area contributed by atoms with E-state index in [9.17, 15) is 15.2 Å². The zero-order chi connectivity index (χ0) is 18.0. The maximum atomic E-state index is 11.2. The van der Waals surface area contributed by atoms with Crippen molar-refractivity contribution >= 4 is 5.69 Å². The summed E-state index contributed by atoms with van der Waals surface area (Å²) >= 11 is 0. The first-order valence-electron chi connectivity index (χ1n) is 7.02. The van der Waals surface area contributed by atoms with E-state index in [1.807, 2.05) is 6.07 Å². The molecule has 3 aromatic rings. The first kappa shape index (κ1) is 15.9. The molecular weight excluding hydrogens is 326 g/mol. The molecule has 3 rings (SSSR count). The average Bonchev–Trinajstić information content (AvgIpc) is 3.11. The van der Waals surface area contributed by atoms with Crippen LogP contribution in [0.5, 0.6) is 11.5 Å². The number of phenolic OH excluding ortho intramolecular Hbond substituents is 1. The molecule has 0 radical (unpaired) electrons. The highest BCUT2D eigenvalue weighted by Crippen LogP contribution is 2.41. The van der Waals surface area contributed by atoms with Crippen LogP contribution in [0.25, 0.3) is 22.5 Å². The zero-order valence-corrected chi connectivity index (χ0v) is 12.9. The number of hydrogen-bond donors (Lipinski definition) is 2. The summed E-state index contributed by atoms with van der Waals surface area (Å²) in [6, 6.07) is 11.4. The van der Waals surface area contributed by atoms with Crippen molar-refractivity contribution < 1.29 is 14.8 Å². The summed E-state index contributed by atoms with van der Waals surface area (Å²) in [5, 5.41) is 40.7. The van der Waals surface area contributed by atoms with Crippen molar-refractivity contribution in [2.45, 2.75) is 0 Å². The number of aromatic hydroxyl groups is 1. The van der Waals surface area contributed by atoms with Crippen LogP contribution in [0.1, 0.15) is 5.56 Å². The number of rotatable bonds is 4. The van der Waals surface area contributed by atoms with E-state index in [-0.39, 0.29) is 5.75 Å². The fraction of sp³-hybridized carbons (Fsp3) is 0.0625. The minimum absolute atomic E-state index is 0.0519. The van der Waals surface area contributed by atoms with E-state index >= 15 is 0 Å². The highest BCUT2D eigenvalue weighted by molar-refractivity contribution is 5.81. The van der Waals surface area contributed by atoms with Crippen molar-refractivity contribution in [2.75, 3.05) is 7.11 Å². The van der Waals surface area contributed by atoms with E-state index in [1.165, 1.54) is 19.2 Å². The third-order valence-electron chi connectivity index (χ3n) is 3.56. The highest BCUT2D eigenvalue weighted by Gasteiger charge is 2.23. The van der Waals surface area contributed by atoms with Crippen molar-refractivity contribution in [3.05, 3.63) is 52.1 Å². The van der Waals surface area contributed by atoms with Gasteiger partial charge in [0.1, 0.15) is 11.4 Å². The molecule has 0 amide bonds. The van der Waals surface area contributed by atoms with Crippen LogP contribution in [0.2, 0.25) is 0 Å². The Hall–Kier alpha value is -3.93. The Kier molecular flexibility index (Phi) is 4.01. The molecule has 9 heteroatoms. The topological polar surface area (TPSA) is 138 Å². The fourth-order valence-corrected chi connectivity index (χ4v) is 2.39. The number of hydrogen-bond acceptors (Lipinski definition) is 7. The first-order chi connectivity index (χ1) is 12.0. The van der Waals surface area contributed by atoms with Gasteiger partial charge in [0.05, 0.1) is 23.7 Å². The van der Waals surface area contributed by atoms with Gasteiger partial charge in [0.25, 0.3) is 0 Å². The molecule has 0 saturated heterocycles. The molecule has 0 aliphatic carbocycles. The summed E-state index contributed by atoms with van der Waals surface area (Å²) in [7, 11) is 1.29. The average molecular weight is 337 g/mol. The summed E-state index contributed by atoms with van der Waals surface area (Å²) in [6.07, 6.45) is 0. The minimum Gasteiger partial charge on any atom is -0.500 e. The van der Waals surface area contributed by atoms with Crippen molar-refractivity contribution in [1.29, 1.82) is 5.26 Å². The van der Waals surface area contributed by atoms with Crippen LogP contribution < -0.4 is 4.74 Å². The number of nitro groups is 1. The summed E-state index contributed by atoms with van der Waals surface area (Å²) in [6.45, 7) is 0. The lowest BCUT2D eigenvalue weighted by Crippen LogP contribution is -1.94. The number of ether oxygens (including phenoxy) is 1. The quantitative estimate of drug-likeness (QED) is 0.551. The number of methoxy groups -OCH3 is 1. The van der Waals surface area contributed by atoms with Gasteiger partial charge in [-0.25, -0.2) is 0 Å². The number of nitriles is 1. The number of nitro benzene ring substituents is 1. The molecule has 124 valence electrons. The Labute approximate surface area is 141 Å². The molecule has 0 aliphatic heterocycles. The van der Waals surface area contributed by atoms with Gasteiger partial charge in [-0.2, -0.15) is 20.7 Å². The molecule has 2 aromatic carbocycles. The molecule has 0 atom stereocenters. The van der Waals surface area contributed by atoms with Crippen LogP contribution in [-0.4, -0.2) is 32.6 Å².